The van der Waals surface area contributed by atoms with Crippen LogP contribution in [-0.2, 0) is 10.8 Å². The van der Waals surface area contributed by atoms with E-state index < -0.39 is 10.8 Å². The summed E-state index contributed by atoms with van der Waals surface area (Å²) in [7, 11) is -0.768. The highest BCUT2D eigenvalue weighted by Crippen LogP contribution is 2.23. The van der Waals surface area contributed by atoms with Gasteiger partial charge in [0.05, 0.1) is 0 Å². The molecule has 0 saturated heterocycles. The number of benzene rings is 1. The molecule has 2 rings (SSSR count). The number of carbonyl (C=O) groups is 1. The van der Waals surface area contributed by atoms with Crippen molar-refractivity contribution in [2.24, 2.45) is 0 Å². The maximum Gasteiger partial charge on any atom is 0.251 e. The molecule has 110 valence electrons. The Kier molecular flexibility index (Phi) is 5.17. The Morgan fingerprint density at radius 3 is 2.95 bits per heavy atom. The summed E-state index contributed by atoms with van der Waals surface area (Å²) in [5.41, 5.74) is 6.87. The highest BCUT2D eigenvalue weighted by molar-refractivity contribution is 7.85. The maximum absolute atomic E-state index is 12.2. The SMILES string of the molecule is CCS(=O)C1CCCC(NC(=O)c2cccc(N)c2)C1. The van der Waals surface area contributed by atoms with Crippen molar-refractivity contribution < 1.29 is 9.00 Å². The summed E-state index contributed by atoms with van der Waals surface area (Å²) in [6.45, 7) is 1.95. The van der Waals surface area contributed by atoms with E-state index in [1.165, 1.54) is 0 Å². The smallest absolute Gasteiger partial charge is 0.251 e. The van der Waals surface area contributed by atoms with Crippen LogP contribution in [0, 0.1) is 0 Å². The fourth-order valence-electron chi connectivity index (χ4n) is 2.70. The molecule has 1 aromatic rings. The lowest BCUT2D eigenvalue weighted by atomic mass is 9.94. The molecule has 0 bridgehead atoms. The Labute approximate surface area is 122 Å². The van der Waals surface area contributed by atoms with Gasteiger partial charge in [0.2, 0.25) is 0 Å². The van der Waals surface area contributed by atoms with Crippen LogP contribution < -0.4 is 11.1 Å². The van der Waals surface area contributed by atoms with Crippen molar-refractivity contribution in [1.82, 2.24) is 5.32 Å². The van der Waals surface area contributed by atoms with Gasteiger partial charge in [-0.05, 0) is 37.5 Å². The predicted molar refractivity (Wildman–Crippen MR) is 83.0 cm³/mol. The van der Waals surface area contributed by atoms with Gasteiger partial charge in [-0.1, -0.05) is 19.4 Å². The van der Waals surface area contributed by atoms with Crippen LogP contribution in [0.5, 0.6) is 0 Å². The molecule has 1 amide bonds. The lowest BCUT2D eigenvalue weighted by molar-refractivity contribution is 0.0928. The molecule has 4 nitrogen and oxygen atoms in total. The first-order chi connectivity index (χ1) is 9.60. The number of rotatable bonds is 4. The van der Waals surface area contributed by atoms with Crippen LogP contribution in [0.3, 0.4) is 0 Å². The van der Waals surface area contributed by atoms with Crippen LogP contribution in [0.4, 0.5) is 5.69 Å². The van der Waals surface area contributed by atoms with Gasteiger partial charge in [0.25, 0.3) is 5.91 Å². The number of hydrogen-bond acceptors (Lipinski definition) is 3. The molecule has 20 heavy (non-hydrogen) atoms. The zero-order chi connectivity index (χ0) is 14.5. The monoisotopic (exact) mass is 294 g/mol. The first-order valence-corrected chi connectivity index (χ1v) is 8.52. The van der Waals surface area contributed by atoms with Crippen molar-refractivity contribution in [2.45, 2.75) is 43.9 Å². The Morgan fingerprint density at radius 1 is 1.45 bits per heavy atom. The summed E-state index contributed by atoms with van der Waals surface area (Å²) in [6.07, 6.45) is 3.81. The van der Waals surface area contributed by atoms with Gasteiger partial charge in [-0.3, -0.25) is 9.00 Å². The molecule has 1 aliphatic rings. The molecular formula is C15H22N2O2S. The van der Waals surface area contributed by atoms with Crippen LogP contribution in [0.25, 0.3) is 0 Å². The Bertz CT molecular complexity index is 504. The van der Waals surface area contributed by atoms with E-state index in [2.05, 4.69) is 5.32 Å². The van der Waals surface area contributed by atoms with Gasteiger partial charge in [-0.25, -0.2) is 0 Å². The minimum Gasteiger partial charge on any atom is -0.399 e. The minimum atomic E-state index is -0.768. The van der Waals surface area contributed by atoms with Crippen LogP contribution in [0.1, 0.15) is 43.0 Å². The predicted octanol–water partition coefficient (Wildman–Crippen LogP) is 2.08. The van der Waals surface area contributed by atoms with Crippen molar-refractivity contribution in [3.05, 3.63) is 29.8 Å². The number of anilines is 1. The Hall–Kier alpha value is -1.36. The quantitative estimate of drug-likeness (QED) is 0.835. The maximum atomic E-state index is 12.2. The number of hydrogen-bond donors (Lipinski definition) is 2. The molecule has 1 aliphatic carbocycles. The molecule has 0 radical (unpaired) electrons. The number of carbonyl (C=O) groups excluding carboxylic acids is 1. The average molecular weight is 294 g/mol. The van der Waals surface area contributed by atoms with E-state index >= 15 is 0 Å². The number of nitrogen functional groups attached to an aromatic ring is 1. The zero-order valence-electron chi connectivity index (χ0n) is 11.8. The molecule has 0 spiro atoms. The number of nitrogens with one attached hydrogen (secondary N) is 1. The van der Waals surface area contributed by atoms with Crippen molar-refractivity contribution in [3.63, 3.8) is 0 Å². The fraction of sp³-hybridized carbons (Fsp3) is 0.533. The fourth-order valence-corrected chi connectivity index (χ4v) is 4.05. The van der Waals surface area contributed by atoms with Gasteiger partial charge in [0.1, 0.15) is 0 Å². The Balaban J connectivity index is 1.96. The lowest BCUT2D eigenvalue weighted by Gasteiger charge is -2.29. The topological polar surface area (TPSA) is 72.2 Å². The first-order valence-electron chi connectivity index (χ1n) is 7.13. The van der Waals surface area contributed by atoms with Gasteiger partial charge < -0.3 is 11.1 Å². The normalized spacial score (nSPS) is 24.1. The third-order valence-electron chi connectivity index (χ3n) is 3.77. The first kappa shape index (κ1) is 15.0. The molecule has 0 heterocycles. The molecule has 0 aliphatic heterocycles. The Morgan fingerprint density at radius 2 is 2.25 bits per heavy atom. The van der Waals surface area contributed by atoms with Gasteiger partial charge in [-0.15, -0.1) is 0 Å². The minimum absolute atomic E-state index is 0.0924. The van der Waals surface area contributed by atoms with Crippen LogP contribution in [-0.4, -0.2) is 27.2 Å². The zero-order valence-corrected chi connectivity index (χ0v) is 12.6. The molecule has 1 aromatic carbocycles. The second-order valence-corrected chi connectivity index (χ2v) is 7.26. The summed E-state index contributed by atoms with van der Waals surface area (Å²) in [4.78, 5) is 12.2. The molecule has 3 unspecified atom stereocenters. The third-order valence-corrected chi connectivity index (χ3v) is 5.51. The highest BCUT2D eigenvalue weighted by atomic mass is 32.2. The summed E-state index contributed by atoms with van der Waals surface area (Å²) >= 11 is 0. The van der Waals surface area contributed by atoms with Crippen LogP contribution >= 0.6 is 0 Å². The summed E-state index contributed by atoms with van der Waals surface area (Å²) in [6, 6.07) is 7.10. The van der Waals surface area contributed by atoms with Gasteiger partial charge in [0.15, 0.2) is 0 Å². The summed E-state index contributed by atoms with van der Waals surface area (Å²) in [5.74, 6) is 0.603. The molecule has 1 saturated carbocycles. The van der Waals surface area contributed by atoms with Crippen LogP contribution in [0.15, 0.2) is 24.3 Å². The van der Waals surface area contributed by atoms with E-state index in [0.717, 1.165) is 25.7 Å². The summed E-state index contributed by atoms with van der Waals surface area (Å²) < 4.78 is 11.9. The van der Waals surface area contributed by atoms with Gasteiger partial charge >= 0.3 is 0 Å². The summed E-state index contributed by atoms with van der Waals surface area (Å²) in [5, 5.41) is 3.26. The molecule has 1 fully saturated rings. The highest BCUT2D eigenvalue weighted by Gasteiger charge is 2.26. The molecule has 5 heteroatoms. The largest absolute Gasteiger partial charge is 0.399 e. The van der Waals surface area contributed by atoms with Crippen molar-refractivity contribution in [1.29, 1.82) is 0 Å². The second-order valence-electron chi connectivity index (χ2n) is 5.25. The van der Waals surface area contributed by atoms with Crippen LogP contribution in [0.2, 0.25) is 0 Å². The molecular weight excluding hydrogens is 272 g/mol. The van der Waals surface area contributed by atoms with Crippen molar-refractivity contribution in [3.8, 4) is 0 Å². The van der Waals surface area contributed by atoms with Crippen molar-refractivity contribution in [2.75, 3.05) is 11.5 Å². The van der Waals surface area contributed by atoms with Gasteiger partial charge in [0, 0.05) is 39.1 Å². The second kappa shape index (κ2) is 6.88. The molecule has 3 atom stereocenters. The lowest BCUT2D eigenvalue weighted by Crippen LogP contribution is -2.41. The standard InChI is InChI=1S/C15H22N2O2S/c1-2-20(19)14-8-4-7-13(10-14)17-15(18)11-5-3-6-12(16)9-11/h3,5-6,9,13-14H,2,4,7-8,10,16H2,1H3,(H,17,18). The van der Waals surface area contributed by atoms with Crippen molar-refractivity contribution >= 4 is 22.4 Å². The van der Waals surface area contributed by atoms with E-state index in [-0.39, 0.29) is 17.2 Å². The average Bonchev–Trinajstić information content (AvgIpc) is 2.46. The number of nitrogens with two attached hydrogens (primary N) is 1. The number of amides is 1. The van der Waals surface area contributed by atoms with E-state index in [0.29, 0.717) is 17.0 Å². The van der Waals surface area contributed by atoms with E-state index in [1.807, 2.05) is 6.92 Å². The van der Waals surface area contributed by atoms with Gasteiger partial charge in [-0.2, -0.15) is 0 Å². The van der Waals surface area contributed by atoms with E-state index in [1.54, 1.807) is 24.3 Å². The molecule has 0 aromatic heterocycles. The molecule has 3 N–H and O–H groups in total. The third kappa shape index (κ3) is 3.82. The van der Waals surface area contributed by atoms with E-state index in [9.17, 15) is 9.00 Å². The van der Waals surface area contributed by atoms with E-state index in [4.69, 9.17) is 5.73 Å².